The summed E-state index contributed by atoms with van der Waals surface area (Å²) < 4.78 is 1.20. The van der Waals surface area contributed by atoms with Crippen LogP contribution in [-0.4, -0.2) is 33.1 Å². The molecule has 0 bridgehead atoms. The molecule has 0 saturated carbocycles. The van der Waals surface area contributed by atoms with Gasteiger partial charge in [0.15, 0.2) is 0 Å². The number of carbonyl (C=O) groups excluding carboxylic acids is 1. The molecule has 0 aliphatic rings. The van der Waals surface area contributed by atoms with Crippen molar-refractivity contribution in [1.82, 2.24) is 14.9 Å². The van der Waals surface area contributed by atoms with Crippen LogP contribution in [0.1, 0.15) is 6.42 Å². The molecule has 8 heteroatoms. The molecule has 0 unspecified atom stereocenters. The zero-order valence-electron chi connectivity index (χ0n) is 9.83. The Morgan fingerprint density at radius 3 is 3.00 bits per heavy atom. The first-order valence-corrected chi connectivity index (χ1v) is 6.37. The average molecular weight is 281 g/mol. The smallest absolute Gasteiger partial charge is 0.305 e. The van der Waals surface area contributed by atoms with Gasteiger partial charge in [-0.1, -0.05) is 0 Å². The molecule has 0 aromatic carbocycles. The largest absolute Gasteiger partial charge is 0.481 e. The third-order valence-corrected chi connectivity index (χ3v) is 3.25. The van der Waals surface area contributed by atoms with Gasteiger partial charge in [-0.15, -0.1) is 11.3 Å². The van der Waals surface area contributed by atoms with Gasteiger partial charge in [0, 0.05) is 6.54 Å². The number of carboxylic acid groups (broad SMARTS) is 1. The van der Waals surface area contributed by atoms with Crippen molar-refractivity contribution in [3.63, 3.8) is 0 Å². The average Bonchev–Trinajstić information content (AvgIpc) is 2.81. The number of amides is 1. The van der Waals surface area contributed by atoms with Crippen LogP contribution < -0.4 is 10.9 Å². The lowest BCUT2D eigenvalue weighted by Crippen LogP contribution is -2.33. The Morgan fingerprint density at radius 1 is 1.47 bits per heavy atom. The summed E-state index contributed by atoms with van der Waals surface area (Å²) in [5.41, 5.74) is -0.278. The molecule has 2 rings (SSSR count). The normalized spacial score (nSPS) is 10.5. The minimum absolute atomic E-state index is 0.0387. The molecule has 0 spiro atoms. The van der Waals surface area contributed by atoms with Gasteiger partial charge in [-0.2, -0.15) is 0 Å². The standard InChI is InChI=1S/C11H11N3O4S/c15-8(12-3-1-9(16)17)5-14-6-13-10-7(11(14)18)2-4-19-10/h2,4,6H,1,3,5H2,(H,12,15)(H,16,17). The van der Waals surface area contributed by atoms with E-state index in [0.29, 0.717) is 10.2 Å². The van der Waals surface area contributed by atoms with Crippen LogP contribution in [0.4, 0.5) is 0 Å². The first-order valence-electron chi connectivity index (χ1n) is 5.49. The van der Waals surface area contributed by atoms with Crippen LogP contribution in [0.25, 0.3) is 10.2 Å². The number of thiophene rings is 1. The Morgan fingerprint density at radius 2 is 2.26 bits per heavy atom. The monoisotopic (exact) mass is 281 g/mol. The number of carboxylic acids is 1. The van der Waals surface area contributed by atoms with E-state index < -0.39 is 11.9 Å². The Kier molecular flexibility index (Phi) is 3.91. The number of aromatic nitrogens is 2. The fraction of sp³-hybridized carbons (Fsp3) is 0.273. The van der Waals surface area contributed by atoms with Gasteiger partial charge in [0.25, 0.3) is 5.56 Å². The molecule has 0 aliphatic heterocycles. The predicted molar refractivity (Wildman–Crippen MR) is 69.1 cm³/mol. The molecule has 2 N–H and O–H groups in total. The summed E-state index contributed by atoms with van der Waals surface area (Å²) in [6.45, 7) is -0.131. The summed E-state index contributed by atoms with van der Waals surface area (Å²) in [4.78, 5) is 38.5. The first kappa shape index (κ1) is 13.2. The van der Waals surface area contributed by atoms with E-state index in [1.165, 1.54) is 22.2 Å². The second-order valence-electron chi connectivity index (χ2n) is 3.81. The molecule has 0 radical (unpaired) electrons. The third kappa shape index (κ3) is 3.16. The summed E-state index contributed by atoms with van der Waals surface area (Å²) in [5.74, 6) is -1.40. The van der Waals surface area contributed by atoms with E-state index in [2.05, 4.69) is 10.3 Å². The van der Waals surface area contributed by atoms with Crippen LogP contribution >= 0.6 is 11.3 Å². The van der Waals surface area contributed by atoms with Crippen molar-refractivity contribution in [2.24, 2.45) is 0 Å². The fourth-order valence-corrected chi connectivity index (χ4v) is 2.25. The first-order chi connectivity index (χ1) is 9.08. The van der Waals surface area contributed by atoms with Crippen molar-refractivity contribution in [3.05, 3.63) is 28.1 Å². The van der Waals surface area contributed by atoms with Gasteiger partial charge in [-0.25, -0.2) is 4.98 Å². The molecular formula is C11H11N3O4S. The maximum Gasteiger partial charge on any atom is 0.305 e. The van der Waals surface area contributed by atoms with Crippen LogP contribution in [0, 0.1) is 0 Å². The zero-order valence-corrected chi connectivity index (χ0v) is 10.6. The van der Waals surface area contributed by atoms with Crippen LogP contribution in [0.3, 0.4) is 0 Å². The Hall–Kier alpha value is -2.22. The van der Waals surface area contributed by atoms with Crippen molar-refractivity contribution < 1.29 is 14.7 Å². The van der Waals surface area contributed by atoms with Crippen molar-refractivity contribution >= 4 is 33.4 Å². The zero-order chi connectivity index (χ0) is 13.8. The van der Waals surface area contributed by atoms with Crippen LogP contribution in [-0.2, 0) is 16.1 Å². The molecule has 0 atom stereocenters. The van der Waals surface area contributed by atoms with Crippen molar-refractivity contribution in [2.75, 3.05) is 6.54 Å². The number of hydrogen-bond donors (Lipinski definition) is 2. The molecular weight excluding hydrogens is 270 g/mol. The van der Waals surface area contributed by atoms with Crippen molar-refractivity contribution in [2.45, 2.75) is 13.0 Å². The molecule has 2 aromatic rings. The summed E-state index contributed by atoms with van der Waals surface area (Å²) in [6, 6.07) is 1.66. The van der Waals surface area contributed by atoms with E-state index >= 15 is 0 Å². The fourth-order valence-electron chi connectivity index (χ4n) is 1.53. The topological polar surface area (TPSA) is 101 Å². The summed E-state index contributed by atoms with van der Waals surface area (Å²) >= 11 is 1.36. The highest BCUT2D eigenvalue weighted by atomic mass is 32.1. The Labute approximate surface area is 111 Å². The number of fused-ring (bicyclic) bond motifs is 1. The van der Waals surface area contributed by atoms with Gasteiger partial charge < -0.3 is 10.4 Å². The van der Waals surface area contributed by atoms with Gasteiger partial charge in [0.2, 0.25) is 5.91 Å². The maximum atomic E-state index is 12.0. The predicted octanol–water partition coefficient (Wildman–Crippen LogP) is 0.0489. The Bertz CT molecular complexity index is 676. The summed E-state index contributed by atoms with van der Waals surface area (Å²) in [7, 11) is 0. The van der Waals surface area contributed by atoms with Gasteiger partial charge in [-0.3, -0.25) is 19.0 Å². The van der Waals surface area contributed by atoms with E-state index in [9.17, 15) is 14.4 Å². The van der Waals surface area contributed by atoms with Crippen molar-refractivity contribution in [1.29, 1.82) is 0 Å². The SMILES string of the molecule is O=C(O)CCNC(=O)Cn1cnc2sccc2c1=O. The second-order valence-corrected chi connectivity index (χ2v) is 4.71. The lowest BCUT2D eigenvalue weighted by atomic mass is 10.4. The number of rotatable bonds is 5. The van der Waals surface area contributed by atoms with E-state index in [-0.39, 0.29) is 25.1 Å². The van der Waals surface area contributed by atoms with Gasteiger partial charge >= 0.3 is 5.97 Å². The lowest BCUT2D eigenvalue weighted by molar-refractivity contribution is -0.136. The number of carbonyl (C=O) groups is 2. The molecule has 0 fully saturated rings. The van der Waals surface area contributed by atoms with E-state index in [1.807, 2.05) is 0 Å². The summed E-state index contributed by atoms with van der Waals surface area (Å²) in [5, 5.41) is 13.1. The lowest BCUT2D eigenvalue weighted by Gasteiger charge is -2.05. The second kappa shape index (κ2) is 5.61. The molecule has 2 aromatic heterocycles. The minimum Gasteiger partial charge on any atom is -0.481 e. The van der Waals surface area contributed by atoms with Crippen LogP contribution in [0.5, 0.6) is 0 Å². The van der Waals surface area contributed by atoms with Crippen molar-refractivity contribution in [3.8, 4) is 0 Å². The van der Waals surface area contributed by atoms with Crippen LogP contribution in [0.15, 0.2) is 22.6 Å². The highest BCUT2D eigenvalue weighted by Crippen LogP contribution is 2.12. The maximum absolute atomic E-state index is 12.0. The highest BCUT2D eigenvalue weighted by molar-refractivity contribution is 7.16. The van der Waals surface area contributed by atoms with E-state index in [4.69, 9.17) is 5.11 Å². The molecule has 7 nitrogen and oxygen atoms in total. The minimum atomic E-state index is -0.987. The number of hydrogen-bond acceptors (Lipinski definition) is 5. The highest BCUT2D eigenvalue weighted by Gasteiger charge is 2.08. The van der Waals surface area contributed by atoms with E-state index in [1.54, 1.807) is 11.4 Å². The third-order valence-electron chi connectivity index (χ3n) is 2.43. The molecule has 100 valence electrons. The quantitative estimate of drug-likeness (QED) is 0.806. The molecule has 0 saturated heterocycles. The van der Waals surface area contributed by atoms with Crippen LogP contribution in [0.2, 0.25) is 0 Å². The molecule has 2 heterocycles. The molecule has 0 aliphatic carbocycles. The number of aliphatic carboxylic acids is 1. The molecule has 1 amide bonds. The van der Waals surface area contributed by atoms with Gasteiger partial charge in [-0.05, 0) is 11.4 Å². The number of nitrogens with one attached hydrogen (secondary N) is 1. The Balaban J connectivity index is 2.04. The number of nitrogens with zero attached hydrogens (tertiary/aromatic N) is 2. The van der Waals surface area contributed by atoms with Gasteiger partial charge in [0.1, 0.15) is 11.4 Å². The van der Waals surface area contributed by atoms with E-state index in [0.717, 1.165) is 0 Å². The summed E-state index contributed by atoms with van der Waals surface area (Å²) in [6.07, 6.45) is 1.17. The molecule has 19 heavy (non-hydrogen) atoms. The van der Waals surface area contributed by atoms with Gasteiger partial charge in [0.05, 0.1) is 18.1 Å².